The van der Waals surface area contributed by atoms with Crippen molar-refractivity contribution in [2.75, 3.05) is 25.0 Å². The number of hydrogen-bond acceptors (Lipinski definition) is 2. The molecule has 3 nitrogen and oxygen atoms in total. The Balaban J connectivity index is 1.36. The molecule has 2 aliphatic heterocycles. The maximum atomic E-state index is 13.6. The maximum Gasteiger partial charge on any atom is 0.235 e. The van der Waals surface area contributed by atoms with Gasteiger partial charge in [-0.2, -0.15) is 0 Å². The van der Waals surface area contributed by atoms with E-state index in [0.29, 0.717) is 5.92 Å². The van der Waals surface area contributed by atoms with Crippen LogP contribution >= 0.6 is 0 Å². The number of nitrogens with one attached hydrogen (secondary N) is 1. The average molecular weight is 411 g/mol. The molecule has 3 heteroatoms. The molecular formula is C28H30N2O. The summed E-state index contributed by atoms with van der Waals surface area (Å²) < 4.78 is 0. The van der Waals surface area contributed by atoms with E-state index in [1.54, 1.807) is 0 Å². The topological polar surface area (TPSA) is 32.3 Å². The summed E-state index contributed by atoms with van der Waals surface area (Å²) in [7, 11) is 0. The van der Waals surface area contributed by atoms with Crippen LogP contribution in [-0.2, 0) is 23.1 Å². The fraction of sp³-hybridized carbons (Fsp3) is 0.321. The van der Waals surface area contributed by atoms with E-state index in [-0.39, 0.29) is 5.91 Å². The van der Waals surface area contributed by atoms with Gasteiger partial charge in [0.05, 0.1) is 5.41 Å². The van der Waals surface area contributed by atoms with Crippen molar-refractivity contribution in [1.29, 1.82) is 0 Å². The van der Waals surface area contributed by atoms with Gasteiger partial charge in [-0.15, -0.1) is 0 Å². The normalized spacial score (nSPS) is 23.4. The maximum absolute atomic E-state index is 13.6. The first kappa shape index (κ1) is 20.0. The van der Waals surface area contributed by atoms with Crippen LogP contribution in [0.4, 0.5) is 5.69 Å². The van der Waals surface area contributed by atoms with Crippen molar-refractivity contribution in [3.05, 3.63) is 102 Å². The van der Waals surface area contributed by atoms with Crippen LogP contribution in [0.2, 0.25) is 0 Å². The zero-order chi connectivity index (χ0) is 21.1. The molecule has 5 rings (SSSR count). The Morgan fingerprint density at radius 2 is 1.61 bits per heavy atom. The van der Waals surface area contributed by atoms with Crippen LogP contribution in [0.5, 0.6) is 0 Å². The molecule has 2 aliphatic rings. The number of benzene rings is 3. The molecular weight excluding hydrogens is 380 g/mol. The quantitative estimate of drug-likeness (QED) is 0.615. The first-order valence-corrected chi connectivity index (χ1v) is 11.5. The highest BCUT2D eigenvalue weighted by Crippen LogP contribution is 2.45. The molecule has 1 fully saturated rings. The largest absolute Gasteiger partial charge is 0.325 e. The van der Waals surface area contributed by atoms with E-state index < -0.39 is 5.41 Å². The zero-order valence-electron chi connectivity index (χ0n) is 18.0. The number of nitrogens with zero attached hydrogens (tertiary/aromatic N) is 1. The predicted octanol–water partition coefficient (Wildman–Crippen LogP) is 5.07. The van der Waals surface area contributed by atoms with E-state index in [2.05, 4.69) is 76.9 Å². The van der Waals surface area contributed by atoms with Gasteiger partial charge in [-0.25, -0.2) is 0 Å². The van der Waals surface area contributed by atoms with Crippen molar-refractivity contribution >= 4 is 11.6 Å². The van der Waals surface area contributed by atoms with Crippen molar-refractivity contribution < 1.29 is 4.79 Å². The van der Waals surface area contributed by atoms with E-state index >= 15 is 0 Å². The third-order valence-corrected chi connectivity index (χ3v) is 7.18. The van der Waals surface area contributed by atoms with Crippen LogP contribution in [0.1, 0.15) is 29.5 Å². The molecule has 0 spiro atoms. The molecule has 3 aromatic carbocycles. The number of rotatable bonds is 6. The van der Waals surface area contributed by atoms with Crippen molar-refractivity contribution in [1.82, 2.24) is 4.90 Å². The van der Waals surface area contributed by atoms with Crippen LogP contribution in [0.15, 0.2) is 84.9 Å². The van der Waals surface area contributed by atoms with Gasteiger partial charge in [0.15, 0.2) is 0 Å². The average Bonchev–Trinajstić information content (AvgIpc) is 3.29. The Bertz CT molecular complexity index is 1030. The number of likely N-dealkylation sites (tertiary alicyclic amines) is 1. The predicted molar refractivity (Wildman–Crippen MR) is 126 cm³/mol. The van der Waals surface area contributed by atoms with Crippen molar-refractivity contribution in [3.8, 4) is 0 Å². The first-order valence-electron chi connectivity index (χ1n) is 11.5. The standard InChI is InChI=1S/C28H30N2O/c31-27-28(24-14-5-2-6-15-24,20-23-13-7-8-16-26(23)29-27)25-17-19-30(21-25)18-9-12-22-10-3-1-4-11-22/h1-8,10-11,13-16,25H,9,12,17-21H2,(H,29,31)/t25-,28?/m1/s1. The highest BCUT2D eigenvalue weighted by atomic mass is 16.2. The van der Waals surface area contributed by atoms with Crippen molar-refractivity contribution in [3.63, 3.8) is 0 Å². The smallest absolute Gasteiger partial charge is 0.235 e. The Morgan fingerprint density at radius 1 is 0.903 bits per heavy atom. The Hall–Kier alpha value is -2.91. The number of anilines is 1. The van der Waals surface area contributed by atoms with Crippen LogP contribution in [0, 0.1) is 5.92 Å². The lowest BCUT2D eigenvalue weighted by molar-refractivity contribution is -0.124. The lowest BCUT2D eigenvalue weighted by Gasteiger charge is -2.42. The van der Waals surface area contributed by atoms with Crippen molar-refractivity contribution in [2.24, 2.45) is 5.92 Å². The zero-order valence-corrected chi connectivity index (χ0v) is 18.0. The third-order valence-electron chi connectivity index (χ3n) is 7.18. The second-order valence-electron chi connectivity index (χ2n) is 9.00. The van der Waals surface area contributed by atoms with Crippen LogP contribution < -0.4 is 5.32 Å². The summed E-state index contributed by atoms with van der Waals surface area (Å²) in [6.45, 7) is 3.15. The van der Waals surface area contributed by atoms with Gasteiger partial charge >= 0.3 is 0 Å². The van der Waals surface area contributed by atoms with Gasteiger partial charge in [0.1, 0.15) is 0 Å². The summed E-state index contributed by atoms with van der Waals surface area (Å²) in [4.78, 5) is 16.2. The lowest BCUT2D eigenvalue weighted by atomic mass is 9.64. The fourth-order valence-electron chi connectivity index (χ4n) is 5.53. The Labute approximate surface area is 185 Å². The van der Waals surface area contributed by atoms with Crippen LogP contribution in [0.3, 0.4) is 0 Å². The van der Waals surface area contributed by atoms with Gasteiger partial charge in [0.25, 0.3) is 0 Å². The molecule has 0 bridgehead atoms. The summed E-state index contributed by atoms with van der Waals surface area (Å²) in [6, 6.07) is 29.4. The van der Waals surface area contributed by atoms with Crippen molar-refractivity contribution in [2.45, 2.75) is 31.1 Å². The molecule has 31 heavy (non-hydrogen) atoms. The third kappa shape index (κ3) is 3.90. The molecule has 0 aliphatic carbocycles. The Morgan fingerprint density at radius 3 is 2.42 bits per heavy atom. The minimum Gasteiger partial charge on any atom is -0.325 e. The SMILES string of the molecule is O=C1Nc2ccccc2CC1(c1ccccc1)[C@@H]1CCN(CCCc2ccccc2)C1. The first-order chi connectivity index (χ1) is 15.3. The summed E-state index contributed by atoms with van der Waals surface area (Å²) in [5.41, 5.74) is 4.27. The highest BCUT2D eigenvalue weighted by Gasteiger charge is 2.51. The number of amides is 1. The number of aryl methyl sites for hydroxylation is 1. The minimum atomic E-state index is -0.496. The van der Waals surface area contributed by atoms with E-state index in [1.807, 2.05) is 18.2 Å². The van der Waals surface area contributed by atoms with Gasteiger partial charge < -0.3 is 10.2 Å². The molecule has 2 atom stereocenters. The number of carbonyl (C=O) groups is 1. The van der Waals surface area contributed by atoms with E-state index in [4.69, 9.17) is 0 Å². The van der Waals surface area contributed by atoms with Gasteiger partial charge in [0.2, 0.25) is 5.91 Å². The second kappa shape index (κ2) is 8.68. The van der Waals surface area contributed by atoms with Crippen LogP contribution in [0.25, 0.3) is 0 Å². The second-order valence-corrected chi connectivity index (χ2v) is 9.00. The monoisotopic (exact) mass is 410 g/mol. The van der Waals surface area contributed by atoms with Gasteiger partial charge in [0, 0.05) is 12.2 Å². The molecule has 0 radical (unpaired) electrons. The molecule has 1 unspecified atom stereocenters. The fourth-order valence-corrected chi connectivity index (χ4v) is 5.53. The minimum absolute atomic E-state index is 0.161. The molecule has 1 N–H and O–H groups in total. The number of para-hydroxylation sites is 1. The molecule has 158 valence electrons. The summed E-state index contributed by atoms with van der Waals surface area (Å²) in [6.07, 6.45) is 4.11. The number of hydrogen-bond donors (Lipinski definition) is 1. The molecule has 1 saturated heterocycles. The molecule has 2 heterocycles. The van der Waals surface area contributed by atoms with E-state index in [1.165, 1.54) is 11.1 Å². The van der Waals surface area contributed by atoms with E-state index in [9.17, 15) is 4.79 Å². The van der Waals surface area contributed by atoms with Gasteiger partial charge in [-0.3, -0.25) is 4.79 Å². The Kier molecular flexibility index (Phi) is 5.61. The molecule has 0 aromatic heterocycles. The molecule has 3 aromatic rings. The summed E-state index contributed by atoms with van der Waals surface area (Å²) >= 11 is 0. The van der Waals surface area contributed by atoms with Gasteiger partial charge in [-0.1, -0.05) is 78.9 Å². The number of fused-ring (bicyclic) bond motifs is 1. The highest BCUT2D eigenvalue weighted by molar-refractivity contribution is 6.02. The molecule has 1 amide bonds. The summed E-state index contributed by atoms with van der Waals surface area (Å²) in [5, 5.41) is 3.25. The summed E-state index contributed by atoms with van der Waals surface area (Å²) in [5.74, 6) is 0.480. The van der Waals surface area contributed by atoms with Gasteiger partial charge in [-0.05, 0) is 67.4 Å². The molecule has 0 saturated carbocycles. The number of carbonyl (C=O) groups excluding carboxylic acids is 1. The lowest BCUT2D eigenvalue weighted by Crippen LogP contribution is -2.51. The van der Waals surface area contributed by atoms with E-state index in [0.717, 1.165) is 56.6 Å². The van der Waals surface area contributed by atoms with Crippen LogP contribution in [-0.4, -0.2) is 30.4 Å².